The van der Waals surface area contributed by atoms with E-state index in [1.807, 2.05) is 30.3 Å². The average Bonchev–Trinajstić information content (AvgIpc) is 2.88. The minimum atomic E-state index is 0.765. The lowest BCUT2D eigenvalue weighted by Crippen LogP contribution is -2.16. The number of ether oxygens (including phenoxy) is 1. The maximum atomic E-state index is 5.61. The fraction of sp³-hybridized carbons (Fsp3) is 0.286. The van der Waals surface area contributed by atoms with Crippen LogP contribution in [0.4, 0.5) is 0 Å². The van der Waals surface area contributed by atoms with Gasteiger partial charge in [0.25, 0.3) is 0 Å². The van der Waals surface area contributed by atoms with Crippen LogP contribution in [-0.4, -0.2) is 13.2 Å². The van der Waals surface area contributed by atoms with Crippen LogP contribution in [0.5, 0.6) is 5.75 Å². The van der Waals surface area contributed by atoms with Crippen molar-refractivity contribution < 1.29 is 4.74 Å². The van der Waals surface area contributed by atoms with Crippen LogP contribution in [0.15, 0.2) is 47.2 Å². The molecule has 0 aliphatic rings. The topological polar surface area (TPSA) is 21.3 Å². The van der Waals surface area contributed by atoms with Crippen molar-refractivity contribution in [1.29, 1.82) is 0 Å². The number of hydrogen-bond acceptors (Lipinski definition) is 3. The van der Waals surface area contributed by atoms with E-state index >= 15 is 0 Å². The van der Waals surface area contributed by atoms with E-state index in [1.165, 1.54) is 5.56 Å². The second-order valence-corrected chi connectivity index (χ2v) is 4.60. The molecule has 0 unspecified atom stereocenters. The van der Waals surface area contributed by atoms with Crippen molar-refractivity contribution in [1.82, 2.24) is 5.32 Å². The van der Waals surface area contributed by atoms with Gasteiger partial charge in [0.05, 0.1) is 6.61 Å². The highest BCUT2D eigenvalue weighted by Gasteiger charge is 1.94. The van der Waals surface area contributed by atoms with Gasteiger partial charge < -0.3 is 10.1 Å². The fourth-order valence-corrected chi connectivity index (χ4v) is 2.20. The summed E-state index contributed by atoms with van der Waals surface area (Å²) in [4.78, 5) is 0. The summed E-state index contributed by atoms with van der Waals surface area (Å²) in [6, 6.07) is 12.1. The molecule has 0 aliphatic heterocycles. The summed E-state index contributed by atoms with van der Waals surface area (Å²) in [6.07, 6.45) is 1.03. The van der Waals surface area contributed by atoms with Crippen LogP contribution in [0.2, 0.25) is 0 Å². The molecule has 1 aromatic heterocycles. The molecule has 0 spiro atoms. The lowest BCUT2D eigenvalue weighted by Gasteiger charge is -2.06. The van der Waals surface area contributed by atoms with Gasteiger partial charge in [-0.05, 0) is 47.5 Å². The predicted molar refractivity (Wildman–Crippen MR) is 72.6 cm³/mol. The zero-order chi connectivity index (χ0) is 11.8. The van der Waals surface area contributed by atoms with E-state index in [4.69, 9.17) is 4.74 Å². The van der Waals surface area contributed by atoms with Crippen molar-refractivity contribution in [3.8, 4) is 5.75 Å². The molecule has 0 bridgehead atoms. The van der Waals surface area contributed by atoms with Crippen LogP contribution in [0.3, 0.4) is 0 Å². The minimum Gasteiger partial charge on any atom is -0.494 e. The lowest BCUT2D eigenvalue weighted by molar-refractivity contribution is 0.308. The summed E-state index contributed by atoms with van der Waals surface area (Å²) in [6.45, 7) is 2.71. The van der Waals surface area contributed by atoms with Crippen molar-refractivity contribution in [3.63, 3.8) is 0 Å². The standard InChI is InChI=1S/C14H17NOS/c1-2-5-14(6-3-1)16-9-4-8-15-11-13-7-10-17-12-13/h1-3,5-7,10,12,15H,4,8-9,11H2. The van der Waals surface area contributed by atoms with E-state index in [2.05, 4.69) is 22.1 Å². The van der Waals surface area contributed by atoms with Gasteiger partial charge in [0.2, 0.25) is 0 Å². The first-order valence-corrected chi connectivity index (χ1v) is 6.79. The Bertz CT molecular complexity index is 399. The maximum Gasteiger partial charge on any atom is 0.119 e. The van der Waals surface area contributed by atoms with E-state index in [1.54, 1.807) is 11.3 Å². The first-order chi connectivity index (χ1) is 8.45. The Kier molecular flexibility index (Phi) is 5.07. The summed E-state index contributed by atoms with van der Waals surface area (Å²) < 4.78 is 5.61. The van der Waals surface area contributed by atoms with Crippen molar-refractivity contribution in [2.75, 3.05) is 13.2 Å². The van der Waals surface area contributed by atoms with Crippen LogP contribution in [-0.2, 0) is 6.54 Å². The van der Waals surface area contributed by atoms with E-state index in [-0.39, 0.29) is 0 Å². The summed E-state index contributed by atoms with van der Waals surface area (Å²) in [5.41, 5.74) is 1.36. The normalized spacial score (nSPS) is 10.4. The molecule has 2 aromatic rings. The zero-order valence-electron chi connectivity index (χ0n) is 9.76. The molecule has 2 nitrogen and oxygen atoms in total. The SMILES string of the molecule is c1ccc(OCCCNCc2ccsc2)cc1. The zero-order valence-corrected chi connectivity index (χ0v) is 10.6. The van der Waals surface area contributed by atoms with Gasteiger partial charge in [0, 0.05) is 6.54 Å². The Labute approximate surface area is 106 Å². The summed E-state index contributed by atoms with van der Waals surface area (Å²) in [7, 11) is 0. The van der Waals surface area contributed by atoms with Gasteiger partial charge in [-0.3, -0.25) is 0 Å². The van der Waals surface area contributed by atoms with Crippen molar-refractivity contribution in [3.05, 3.63) is 52.7 Å². The van der Waals surface area contributed by atoms with Gasteiger partial charge in [0.15, 0.2) is 0 Å². The molecular formula is C14H17NOS. The van der Waals surface area contributed by atoms with Gasteiger partial charge in [0.1, 0.15) is 5.75 Å². The molecule has 2 rings (SSSR count). The Balaban J connectivity index is 1.52. The van der Waals surface area contributed by atoms with Gasteiger partial charge in [-0.2, -0.15) is 11.3 Å². The number of para-hydroxylation sites is 1. The second-order valence-electron chi connectivity index (χ2n) is 3.82. The Hall–Kier alpha value is -1.32. The molecule has 0 saturated heterocycles. The average molecular weight is 247 g/mol. The van der Waals surface area contributed by atoms with E-state index < -0.39 is 0 Å². The molecular weight excluding hydrogens is 230 g/mol. The number of thiophene rings is 1. The van der Waals surface area contributed by atoms with Gasteiger partial charge in [-0.25, -0.2) is 0 Å². The third-order valence-electron chi connectivity index (χ3n) is 2.42. The highest BCUT2D eigenvalue weighted by atomic mass is 32.1. The Morgan fingerprint density at radius 2 is 2.00 bits per heavy atom. The summed E-state index contributed by atoms with van der Waals surface area (Å²) >= 11 is 1.74. The minimum absolute atomic E-state index is 0.765. The first kappa shape index (κ1) is 12.1. The molecule has 0 radical (unpaired) electrons. The third kappa shape index (κ3) is 4.59. The lowest BCUT2D eigenvalue weighted by atomic mass is 10.3. The van der Waals surface area contributed by atoms with Crippen molar-refractivity contribution in [2.45, 2.75) is 13.0 Å². The van der Waals surface area contributed by atoms with Gasteiger partial charge in [-0.15, -0.1) is 0 Å². The van der Waals surface area contributed by atoms with Crippen LogP contribution in [0, 0.1) is 0 Å². The molecule has 1 N–H and O–H groups in total. The number of hydrogen-bond donors (Lipinski definition) is 1. The molecule has 0 aliphatic carbocycles. The van der Waals surface area contributed by atoms with E-state index in [0.29, 0.717) is 0 Å². The highest BCUT2D eigenvalue weighted by molar-refractivity contribution is 7.07. The monoisotopic (exact) mass is 247 g/mol. The number of benzene rings is 1. The molecule has 17 heavy (non-hydrogen) atoms. The highest BCUT2D eigenvalue weighted by Crippen LogP contribution is 2.08. The quantitative estimate of drug-likeness (QED) is 0.758. The largest absolute Gasteiger partial charge is 0.494 e. The van der Waals surface area contributed by atoms with Crippen LogP contribution in [0.1, 0.15) is 12.0 Å². The van der Waals surface area contributed by atoms with Crippen molar-refractivity contribution >= 4 is 11.3 Å². The smallest absolute Gasteiger partial charge is 0.119 e. The molecule has 90 valence electrons. The molecule has 0 fully saturated rings. The molecule has 1 heterocycles. The van der Waals surface area contributed by atoms with Crippen LogP contribution >= 0.6 is 11.3 Å². The number of nitrogens with one attached hydrogen (secondary N) is 1. The van der Waals surface area contributed by atoms with Crippen LogP contribution in [0.25, 0.3) is 0 Å². The Morgan fingerprint density at radius 1 is 1.12 bits per heavy atom. The molecule has 0 saturated carbocycles. The summed E-state index contributed by atoms with van der Waals surface area (Å²) in [5, 5.41) is 7.68. The third-order valence-corrected chi connectivity index (χ3v) is 3.15. The number of rotatable bonds is 7. The molecule has 0 atom stereocenters. The van der Waals surface area contributed by atoms with Crippen LogP contribution < -0.4 is 10.1 Å². The molecule has 0 amide bonds. The predicted octanol–water partition coefficient (Wildman–Crippen LogP) is 3.31. The van der Waals surface area contributed by atoms with E-state index in [9.17, 15) is 0 Å². The fourth-order valence-electron chi connectivity index (χ4n) is 1.53. The van der Waals surface area contributed by atoms with Gasteiger partial charge >= 0.3 is 0 Å². The molecule has 1 aromatic carbocycles. The Morgan fingerprint density at radius 3 is 2.76 bits per heavy atom. The van der Waals surface area contributed by atoms with Gasteiger partial charge in [-0.1, -0.05) is 18.2 Å². The second kappa shape index (κ2) is 7.09. The van der Waals surface area contributed by atoms with E-state index in [0.717, 1.165) is 31.9 Å². The first-order valence-electron chi connectivity index (χ1n) is 5.85. The van der Waals surface area contributed by atoms with Crippen molar-refractivity contribution in [2.24, 2.45) is 0 Å². The molecule has 3 heteroatoms. The summed E-state index contributed by atoms with van der Waals surface area (Å²) in [5.74, 6) is 0.949. The maximum absolute atomic E-state index is 5.61.